The highest BCUT2D eigenvalue weighted by molar-refractivity contribution is 7.47. The molecule has 2 fully saturated rings. The minimum Gasteiger partial charge on any atom is -0.386 e. The standard InChI is InChI=1S/C16H16N5O6P/c22-12-13-10(6-25-28(23,24)27-13)26-16(12)21-8-19-11-14(17-7-18-15(11)21)20-9-4-2-1-3-5-9/h1-5,7-8,10,12-13,16,22H,6H2,(H,23,24)(H,17,18,20)/t10-,12-,13-,16-/m1/s1. The van der Waals surface area contributed by atoms with Crippen molar-refractivity contribution in [1.29, 1.82) is 0 Å². The predicted molar refractivity (Wildman–Crippen MR) is 95.6 cm³/mol. The van der Waals surface area contributed by atoms with E-state index in [4.69, 9.17) is 13.8 Å². The van der Waals surface area contributed by atoms with Gasteiger partial charge in [-0.05, 0) is 12.1 Å². The van der Waals surface area contributed by atoms with Crippen LogP contribution in [0.1, 0.15) is 6.23 Å². The Morgan fingerprint density at radius 2 is 2.04 bits per heavy atom. The first-order valence-corrected chi connectivity index (χ1v) is 10.0. The lowest BCUT2D eigenvalue weighted by Crippen LogP contribution is -2.39. The monoisotopic (exact) mass is 405 g/mol. The van der Waals surface area contributed by atoms with E-state index in [2.05, 4.69) is 20.3 Å². The molecule has 0 aliphatic carbocycles. The summed E-state index contributed by atoms with van der Waals surface area (Å²) in [5.41, 5.74) is 1.76. The lowest BCUT2D eigenvalue weighted by Gasteiger charge is -2.27. The Morgan fingerprint density at radius 3 is 2.86 bits per heavy atom. The van der Waals surface area contributed by atoms with E-state index in [-0.39, 0.29) is 6.61 Å². The van der Waals surface area contributed by atoms with Crippen LogP contribution in [0.15, 0.2) is 43.0 Å². The van der Waals surface area contributed by atoms with Crippen LogP contribution in [0.3, 0.4) is 0 Å². The summed E-state index contributed by atoms with van der Waals surface area (Å²) in [7, 11) is -4.19. The molecule has 2 saturated heterocycles. The largest absolute Gasteiger partial charge is 0.472 e. The van der Waals surface area contributed by atoms with Gasteiger partial charge in [-0.25, -0.2) is 19.5 Å². The molecule has 2 aromatic heterocycles. The zero-order valence-corrected chi connectivity index (χ0v) is 15.2. The van der Waals surface area contributed by atoms with Crippen molar-refractivity contribution in [2.45, 2.75) is 24.5 Å². The molecule has 4 heterocycles. The van der Waals surface area contributed by atoms with Crippen molar-refractivity contribution in [1.82, 2.24) is 19.5 Å². The predicted octanol–water partition coefficient (Wildman–Crippen LogP) is 1.34. The molecular weight excluding hydrogens is 389 g/mol. The summed E-state index contributed by atoms with van der Waals surface area (Å²) in [6.07, 6.45) is -0.929. The Morgan fingerprint density at radius 1 is 1.21 bits per heavy atom. The quantitative estimate of drug-likeness (QED) is 0.547. The zero-order valence-electron chi connectivity index (χ0n) is 14.3. The highest BCUT2D eigenvalue weighted by Gasteiger charge is 2.52. The van der Waals surface area contributed by atoms with E-state index in [1.807, 2.05) is 30.3 Å². The summed E-state index contributed by atoms with van der Waals surface area (Å²) in [6, 6.07) is 9.48. The van der Waals surface area contributed by atoms with Gasteiger partial charge in [0.1, 0.15) is 24.6 Å². The van der Waals surface area contributed by atoms with E-state index in [1.54, 1.807) is 4.57 Å². The van der Waals surface area contributed by atoms with E-state index < -0.39 is 32.4 Å². The van der Waals surface area contributed by atoms with Gasteiger partial charge in [-0.3, -0.25) is 13.6 Å². The van der Waals surface area contributed by atoms with E-state index in [0.717, 1.165) is 5.69 Å². The number of fused-ring (bicyclic) bond motifs is 2. The molecule has 28 heavy (non-hydrogen) atoms. The molecule has 5 atom stereocenters. The van der Waals surface area contributed by atoms with Crippen molar-refractivity contribution in [2.75, 3.05) is 11.9 Å². The summed E-state index contributed by atoms with van der Waals surface area (Å²) in [5.74, 6) is 0.499. The fraction of sp³-hybridized carbons (Fsp3) is 0.312. The first-order valence-electron chi connectivity index (χ1n) is 8.51. The fourth-order valence-corrected chi connectivity index (χ4v) is 4.32. The second-order valence-corrected chi connectivity index (χ2v) is 7.83. The highest BCUT2D eigenvalue weighted by Crippen LogP contribution is 2.52. The Bertz CT molecular complexity index is 1060. The summed E-state index contributed by atoms with van der Waals surface area (Å²) >= 11 is 0. The van der Waals surface area contributed by atoms with Gasteiger partial charge in [-0.2, -0.15) is 0 Å². The maximum absolute atomic E-state index is 11.6. The number of para-hydroxylation sites is 1. The number of benzene rings is 1. The summed E-state index contributed by atoms with van der Waals surface area (Å²) in [5, 5.41) is 13.8. The van der Waals surface area contributed by atoms with Crippen molar-refractivity contribution >= 4 is 30.5 Å². The number of phosphoric ester groups is 1. The topological polar surface area (TPSA) is 141 Å². The third-order valence-corrected chi connectivity index (χ3v) is 5.62. The van der Waals surface area contributed by atoms with Crippen LogP contribution in [0.5, 0.6) is 0 Å². The summed E-state index contributed by atoms with van der Waals surface area (Å²) in [6.45, 7) is -0.158. The summed E-state index contributed by atoms with van der Waals surface area (Å²) < 4.78 is 28.7. The number of anilines is 2. The van der Waals surface area contributed by atoms with Gasteiger partial charge >= 0.3 is 7.82 Å². The Kier molecular flexibility index (Phi) is 4.16. The van der Waals surface area contributed by atoms with Crippen molar-refractivity contribution < 1.29 is 28.3 Å². The van der Waals surface area contributed by atoms with Gasteiger partial charge in [0.25, 0.3) is 0 Å². The molecule has 0 saturated carbocycles. The normalized spacial score (nSPS) is 32.4. The smallest absolute Gasteiger partial charge is 0.386 e. The molecule has 0 spiro atoms. The molecule has 0 amide bonds. The maximum Gasteiger partial charge on any atom is 0.472 e. The van der Waals surface area contributed by atoms with Crippen LogP contribution in [0.25, 0.3) is 11.2 Å². The Hall–Kier alpha value is -2.40. The van der Waals surface area contributed by atoms with E-state index in [1.165, 1.54) is 12.7 Å². The number of nitrogens with one attached hydrogen (secondary N) is 1. The van der Waals surface area contributed by atoms with Crippen LogP contribution >= 0.6 is 7.82 Å². The molecule has 12 heteroatoms. The van der Waals surface area contributed by atoms with E-state index in [0.29, 0.717) is 17.0 Å². The lowest BCUT2D eigenvalue weighted by atomic mass is 10.1. The average molecular weight is 405 g/mol. The van der Waals surface area contributed by atoms with Crippen LogP contribution in [-0.2, 0) is 18.3 Å². The van der Waals surface area contributed by atoms with Crippen LogP contribution in [0.2, 0.25) is 0 Å². The van der Waals surface area contributed by atoms with Crippen LogP contribution in [-0.4, -0.2) is 54.4 Å². The Labute approximate surface area is 158 Å². The lowest BCUT2D eigenvalue weighted by molar-refractivity contribution is -0.0664. The maximum atomic E-state index is 11.6. The first-order chi connectivity index (χ1) is 13.5. The highest BCUT2D eigenvalue weighted by atomic mass is 31.2. The number of nitrogens with zero attached hydrogens (tertiary/aromatic N) is 4. The minimum atomic E-state index is -4.19. The molecule has 2 aliphatic rings. The molecule has 2 aliphatic heterocycles. The number of phosphoric acid groups is 1. The molecule has 1 unspecified atom stereocenters. The van der Waals surface area contributed by atoms with Gasteiger partial charge < -0.3 is 20.1 Å². The molecule has 11 nitrogen and oxygen atoms in total. The van der Waals surface area contributed by atoms with Crippen LogP contribution < -0.4 is 5.32 Å². The number of aromatic nitrogens is 4. The van der Waals surface area contributed by atoms with Gasteiger partial charge in [-0.1, -0.05) is 18.2 Å². The van der Waals surface area contributed by atoms with Gasteiger partial charge in [0.15, 0.2) is 23.2 Å². The average Bonchev–Trinajstić information content (AvgIpc) is 3.24. The first kappa shape index (κ1) is 17.7. The van der Waals surface area contributed by atoms with Gasteiger partial charge in [-0.15, -0.1) is 0 Å². The van der Waals surface area contributed by atoms with Crippen molar-refractivity contribution in [3.63, 3.8) is 0 Å². The van der Waals surface area contributed by atoms with Gasteiger partial charge in [0, 0.05) is 5.69 Å². The fourth-order valence-electron chi connectivity index (χ4n) is 3.35. The van der Waals surface area contributed by atoms with Crippen molar-refractivity contribution in [3.8, 4) is 0 Å². The number of ether oxygens (including phenoxy) is 1. The summed E-state index contributed by atoms with van der Waals surface area (Å²) in [4.78, 5) is 22.3. The van der Waals surface area contributed by atoms with E-state index >= 15 is 0 Å². The van der Waals surface area contributed by atoms with E-state index in [9.17, 15) is 14.6 Å². The number of hydrogen-bond donors (Lipinski definition) is 3. The molecule has 3 aromatic rings. The van der Waals surface area contributed by atoms with Gasteiger partial charge in [0.05, 0.1) is 12.9 Å². The number of aliphatic hydroxyl groups excluding tert-OH is 1. The third-order valence-electron chi connectivity index (χ3n) is 4.64. The molecule has 1 aromatic carbocycles. The second-order valence-electron chi connectivity index (χ2n) is 6.43. The number of imidazole rings is 1. The Balaban J connectivity index is 1.47. The van der Waals surface area contributed by atoms with Crippen molar-refractivity contribution in [3.05, 3.63) is 43.0 Å². The molecule has 0 bridgehead atoms. The number of hydrogen-bond acceptors (Lipinski definition) is 9. The van der Waals surface area contributed by atoms with Gasteiger partial charge in [0.2, 0.25) is 0 Å². The number of rotatable bonds is 3. The molecule has 5 rings (SSSR count). The molecule has 3 N–H and O–H groups in total. The van der Waals surface area contributed by atoms with Crippen LogP contribution in [0, 0.1) is 0 Å². The SMILES string of the molecule is O=P1(O)OC[C@H]2O[C@@H](n3cnc4c(Nc5ccccc5)ncnc43)[C@H](O)[C@@H]2O1. The van der Waals surface area contributed by atoms with Crippen molar-refractivity contribution in [2.24, 2.45) is 0 Å². The molecule has 0 radical (unpaired) electrons. The number of aliphatic hydroxyl groups is 1. The van der Waals surface area contributed by atoms with Crippen LogP contribution in [0.4, 0.5) is 11.5 Å². The molecule has 146 valence electrons. The third kappa shape index (κ3) is 2.98. The second kappa shape index (κ2) is 6.59. The molecular formula is C16H16N5O6P. The minimum absolute atomic E-state index is 0.158. The zero-order chi connectivity index (χ0) is 19.3.